The normalized spacial score (nSPS) is 12.4. The highest BCUT2D eigenvalue weighted by Gasteiger charge is 2.19. The maximum Gasteiger partial charge on any atom is 0.130 e. The third kappa shape index (κ3) is 3.29. The number of halogens is 3. The molecular weight excluding hydrogens is 270 g/mol. The topological polar surface area (TPSA) is 38.0 Å². The molecule has 2 aromatic rings. The Kier molecular flexibility index (Phi) is 4.47. The lowest BCUT2D eigenvalue weighted by atomic mass is 9.98. The van der Waals surface area contributed by atoms with Gasteiger partial charge in [0.05, 0.1) is 6.04 Å². The van der Waals surface area contributed by atoms with E-state index in [1.165, 1.54) is 18.2 Å². The van der Waals surface area contributed by atoms with Gasteiger partial charge in [-0.2, -0.15) is 0 Å². The minimum atomic E-state index is -0.637. The van der Waals surface area contributed by atoms with Gasteiger partial charge in [0.1, 0.15) is 11.6 Å². The minimum absolute atomic E-state index is 0.0556. The molecule has 0 fully saturated rings. The molecular formula is C14H13ClF2N2. The Morgan fingerprint density at radius 3 is 2.16 bits per heavy atom. The van der Waals surface area contributed by atoms with E-state index in [2.05, 4.69) is 5.43 Å². The highest BCUT2D eigenvalue weighted by Crippen LogP contribution is 2.24. The van der Waals surface area contributed by atoms with Crippen LogP contribution in [-0.4, -0.2) is 0 Å². The molecule has 5 heteroatoms. The molecule has 3 N–H and O–H groups in total. The highest BCUT2D eigenvalue weighted by atomic mass is 35.5. The first-order valence-corrected chi connectivity index (χ1v) is 6.14. The van der Waals surface area contributed by atoms with Gasteiger partial charge in [-0.15, -0.1) is 0 Å². The Labute approximate surface area is 115 Å². The molecule has 19 heavy (non-hydrogen) atoms. The molecule has 0 saturated heterocycles. The first-order valence-electron chi connectivity index (χ1n) is 5.76. The number of hydrazine groups is 1. The predicted molar refractivity (Wildman–Crippen MR) is 71.6 cm³/mol. The number of benzene rings is 2. The third-order valence-corrected chi connectivity index (χ3v) is 3.15. The molecule has 0 radical (unpaired) electrons. The molecule has 0 aliphatic heterocycles. The molecule has 0 aliphatic carbocycles. The fourth-order valence-corrected chi connectivity index (χ4v) is 2.07. The summed E-state index contributed by atoms with van der Waals surface area (Å²) in [5.41, 5.74) is 3.28. The minimum Gasteiger partial charge on any atom is -0.271 e. The van der Waals surface area contributed by atoms with Crippen molar-refractivity contribution in [1.82, 2.24) is 5.43 Å². The number of hydrogen-bond acceptors (Lipinski definition) is 2. The highest BCUT2D eigenvalue weighted by molar-refractivity contribution is 6.30. The zero-order chi connectivity index (χ0) is 13.8. The van der Waals surface area contributed by atoms with Crippen LogP contribution in [0.2, 0.25) is 5.02 Å². The average molecular weight is 283 g/mol. The van der Waals surface area contributed by atoms with Gasteiger partial charge in [-0.1, -0.05) is 29.8 Å². The molecule has 100 valence electrons. The zero-order valence-corrected chi connectivity index (χ0v) is 10.8. The Hall–Kier alpha value is -1.49. The number of nitrogens with one attached hydrogen (secondary N) is 1. The second kappa shape index (κ2) is 6.10. The van der Waals surface area contributed by atoms with Crippen molar-refractivity contribution in [2.45, 2.75) is 12.5 Å². The lowest BCUT2D eigenvalue weighted by Gasteiger charge is -2.18. The number of hydrogen-bond donors (Lipinski definition) is 2. The molecule has 2 nitrogen and oxygen atoms in total. The summed E-state index contributed by atoms with van der Waals surface area (Å²) in [5.74, 6) is 4.18. The molecule has 0 bridgehead atoms. The molecule has 0 heterocycles. The summed E-state index contributed by atoms with van der Waals surface area (Å²) in [5, 5.41) is 0.609. The van der Waals surface area contributed by atoms with Crippen LogP contribution in [0.1, 0.15) is 17.2 Å². The summed E-state index contributed by atoms with van der Waals surface area (Å²) < 4.78 is 27.4. The van der Waals surface area contributed by atoms with Crippen molar-refractivity contribution in [3.05, 3.63) is 70.2 Å². The van der Waals surface area contributed by atoms with E-state index < -0.39 is 17.7 Å². The van der Waals surface area contributed by atoms with E-state index in [4.69, 9.17) is 17.4 Å². The Bertz CT molecular complexity index is 538. The first-order chi connectivity index (χ1) is 9.11. The fraction of sp³-hybridized carbons (Fsp3) is 0.143. The molecule has 0 aromatic heterocycles. The van der Waals surface area contributed by atoms with E-state index in [0.717, 1.165) is 5.56 Å². The number of rotatable bonds is 4. The zero-order valence-electron chi connectivity index (χ0n) is 10.0. The molecule has 2 rings (SSSR count). The van der Waals surface area contributed by atoms with Gasteiger partial charge in [0.2, 0.25) is 0 Å². The summed E-state index contributed by atoms with van der Waals surface area (Å²) in [6.45, 7) is 0. The van der Waals surface area contributed by atoms with Crippen LogP contribution >= 0.6 is 11.6 Å². The Morgan fingerprint density at radius 2 is 1.63 bits per heavy atom. The summed E-state index contributed by atoms with van der Waals surface area (Å²) in [6, 6.07) is 10.2. The van der Waals surface area contributed by atoms with E-state index in [0.29, 0.717) is 11.4 Å². The smallest absolute Gasteiger partial charge is 0.130 e. The quantitative estimate of drug-likeness (QED) is 0.666. The third-order valence-electron chi connectivity index (χ3n) is 2.90. The SMILES string of the molecule is NNC(Cc1ccc(Cl)cc1)c1c(F)cccc1F. The lowest BCUT2D eigenvalue weighted by molar-refractivity contribution is 0.473. The van der Waals surface area contributed by atoms with E-state index >= 15 is 0 Å². The van der Waals surface area contributed by atoms with E-state index in [9.17, 15) is 8.78 Å². The Morgan fingerprint density at radius 1 is 1.05 bits per heavy atom. The van der Waals surface area contributed by atoms with Crippen molar-refractivity contribution in [3.8, 4) is 0 Å². The van der Waals surface area contributed by atoms with E-state index in [-0.39, 0.29) is 5.56 Å². The van der Waals surface area contributed by atoms with Gasteiger partial charge in [-0.25, -0.2) is 8.78 Å². The molecule has 1 atom stereocenters. The van der Waals surface area contributed by atoms with Gasteiger partial charge in [0.15, 0.2) is 0 Å². The fourth-order valence-electron chi connectivity index (χ4n) is 1.94. The van der Waals surface area contributed by atoms with Gasteiger partial charge >= 0.3 is 0 Å². The predicted octanol–water partition coefficient (Wildman–Crippen LogP) is 3.37. The molecule has 0 saturated carbocycles. The van der Waals surface area contributed by atoms with Crippen molar-refractivity contribution in [2.24, 2.45) is 5.84 Å². The summed E-state index contributed by atoms with van der Waals surface area (Å²) in [6.07, 6.45) is 0.367. The van der Waals surface area contributed by atoms with Gasteiger partial charge < -0.3 is 0 Å². The van der Waals surface area contributed by atoms with Crippen LogP contribution in [0.4, 0.5) is 8.78 Å². The van der Waals surface area contributed by atoms with Gasteiger partial charge in [-0.05, 0) is 36.2 Å². The van der Waals surface area contributed by atoms with Crippen LogP contribution in [0.3, 0.4) is 0 Å². The largest absolute Gasteiger partial charge is 0.271 e. The van der Waals surface area contributed by atoms with E-state index in [1.54, 1.807) is 24.3 Å². The van der Waals surface area contributed by atoms with Crippen molar-refractivity contribution in [2.75, 3.05) is 0 Å². The monoisotopic (exact) mass is 282 g/mol. The lowest BCUT2D eigenvalue weighted by Crippen LogP contribution is -2.31. The summed E-state index contributed by atoms with van der Waals surface area (Å²) in [4.78, 5) is 0. The van der Waals surface area contributed by atoms with Crippen LogP contribution in [0.15, 0.2) is 42.5 Å². The molecule has 2 aromatic carbocycles. The average Bonchev–Trinajstić information content (AvgIpc) is 2.39. The van der Waals surface area contributed by atoms with Crippen molar-refractivity contribution >= 4 is 11.6 Å². The van der Waals surface area contributed by atoms with Crippen LogP contribution < -0.4 is 11.3 Å². The van der Waals surface area contributed by atoms with Crippen molar-refractivity contribution in [1.29, 1.82) is 0 Å². The van der Waals surface area contributed by atoms with Crippen LogP contribution in [0, 0.1) is 11.6 Å². The van der Waals surface area contributed by atoms with Gasteiger partial charge in [-0.3, -0.25) is 11.3 Å². The first kappa shape index (κ1) is 13.9. The Balaban J connectivity index is 2.27. The molecule has 1 unspecified atom stereocenters. The summed E-state index contributed by atoms with van der Waals surface area (Å²) >= 11 is 5.79. The number of nitrogens with two attached hydrogens (primary N) is 1. The summed E-state index contributed by atoms with van der Waals surface area (Å²) in [7, 11) is 0. The molecule has 0 amide bonds. The second-order valence-corrected chi connectivity index (χ2v) is 4.62. The van der Waals surface area contributed by atoms with Crippen LogP contribution in [-0.2, 0) is 6.42 Å². The van der Waals surface area contributed by atoms with Crippen molar-refractivity contribution in [3.63, 3.8) is 0 Å². The maximum absolute atomic E-state index is 13.7. The maximum atomic E-state index is 13.7. The van der Waals surface area contributed by atoms with Crippen molar-refractivity contribution < 1.29 is 8.78 Å². The van der Waals surface area contributed by atoms with Gasteiger partial charge in [0.25, 0.3) is 0 Å². The second-order valence-electron chi connectivity index (χ2n) is 4.19. The standard InChI is InChI=1S/C14H13ClF2N2/c15-10-6-4-9(5-7-10)8-13(19-18)14-11(16)2-1-3-12(14)17/h1-7,13,19H,8,18H2. The van der Waals surface area contributed by atoms with Gasteiger partial charge in [0, 0.05) is 10.6 Å². The van der Waals surface area contributed by atoms with Crippen LogP contribution in [0.5, 0.6) is 0 Å². The van der Waals surface area contributed by atoms with E-state index in [1.807, 2.05) is 0 Å². The van der Waals surface area contributed by atoms with Crippen LogP contribution in [0.25, 0.3) is 0 Å². The molecule has 0 aliphatic rings. The molecule has 0 spiro atoms.